The Hall–Kier alpha value is -4.81. The highest BCUT2D eigenvalue weighted by Gasteiger charge is 2.40. The van der Waals surface area contributed by atoms with E-state index in [9.17, 15) is 9.59 Å². The second-order valence-corrected chi connectivity index (χ2v) is 10.8. The first-order chi connectivity index (χ1) is 19.9. The molecule has 2 aliphatic heterocycles. The molecule has 0 unspecified atom stereocenters. The van der Waals surface area contributed by atoms with E-state index in [1.54, 1.807) is 32.4 Å². The van der Waals surface area contributed by atoms with Gasteiger partial charge in [-0.15, -0.1) is 0 Å². The summed E-state index contributed by atoms with van der Waals surface area (Å²) >= 11 is 6.68. The minimum Gasteiger partial charge on any atom is -0.343 e. The molecule has 2 aromatic carbocycles. The monoisotopic (exact) mass is 563 g/mol. The van der Waals surface area contributed by atoms with Gasteiger partial charge in [0.1, 0.15) is 11.2 Å². The summed E-state index contributed by atoms with van der Waals surface area (Å²) in [6, 6.07) is 15.2. The number of nitrogens with zero attached hydrogens (tertiary/aromatic N) is 7. The molecule has 7 rings (SSSR count). The van der Waals surface area contributed by atoms with E-state index in [2.05, 4.69) is 26.6 Å². The molecule has 5 aromatic rings. The first kappa shape index (κ1) is 25.2. The average molecular weight is 564 g/mol. The van der Waals surface area contributed by atoms with Crippen molar-refractivity contribution in [1.29, 1.82) is 0 Å². The number of fused-ring (bicyclic) bond motifs is 1. The molecule has 2 amide bonds. The lowest BCUT2D eigenvalue weighted by Crippen LogP contribution is -2.53. The van der Waals surface area contributed by atoms with Crippen LogP contribution in [0.15, 0.2) is 67.1 Å². The van der Waals surface area contributed by atoms with Crippen LogP contribution < -0.4 is 4.90 Å². The van der Waals surface area contributed by atoms with Crippen LogP contribution in [0.5, 0.6) is 0 Å². The zero-order valence-corrected chi connectivity index (χ0v) is 23.3. The molecule has 3 aromatic heterocycles. The van der Waals surface area contributed by atoms with E-state index < -0.39 is 6.04 Å². The summed E-state index contributed by atoms with van der Waals surface area (Å²) in [4.78, 5) is 31.0. The lowest BCUT2D eigenvalue weighted by molar-refractivity contribution is -0.123. The van der Waals surface area contributed by atoms with Crippen molar-refractivity contribution in [2.75, 3.05) is 18.5 Å². The molecule has 0 N–H and O–H groups in total. The van der Waals surface area contributed by atoms with Crippen molar-refractivity contribution in [2.24, 2.45) is 7.05 Å². The summed E-state index contributed by atoms with van der Waals surface area (Å²) in [5, 5.41) is 10.2. The number of anilines is 1. The third-order valence-corrected chi connectivity index (χ3v) is 8.27. The van der Waals surface area contributed by atoms with Crippen LogP contribution in [0.25, 0.3) is 10.9 Å². The smallest absolute Gasteiger partial charge is 0.275 e. The Kier molecular flexibility index (Phi) is 5.94. The van der Waals surface area contributed by atoms with Gasteiger partial charge in [0.05, 0.1) is 36.1 Å². The van der Waals surface area contributed by atoms with Crippen LogP contribution in [0.1, 0.15) is 32.7 Å². The van der Waals surface area contributed by atoms with Crippen LogP contribution >= 0.6 is 11.6 Å². The van der Waals surface area contributed by atoms with Gasteiger partial charge >= 0.3 is 0 Å². The average Bonchev–Trinajstić information content (AvgIpc) is 3.66. The van der Waals surface area contributed by atoms with Crippen LogP contribution in [0.2, 0.25) is 5.15 Å². The Labute approximate surface area is 241 Å². The van der Waals surface area contributed by atoms with Gasteiger partial charge in [0.25, 0.3) is 11.8 Å². The fourth-order valence-electron chi connectivity index (χ4n) is 5.77. The van der Waals surface area contributed by atoms with E-state index in [0.717, 1.165) is 38.8 Å². The first-order valence-corrected chi connectivity index (χ1v) is 13.8. The van der Waals surface area contributed by atoms with Crippen molar-refractivity contribution in [2.45, 2.75) is 25.6 Å². The summed E-state index contributed by atoms with van der Waals surface area (Å²) in [6.45, 7) is 1.20. The normalized spacial score (nSPS) is 16.5. The van der Waals surface area contributed by atoms with Crippen LogP contribution in [-0.4, -0.2) is 60.5 Å². The number of hydrogen-bond donors (Lipinski definition) is 0. The molecule has 0 bridgehead atoms. The molecule has 0 saturated carbocycles. The molecule has 204 valence electrons. The van der Waals surface area contributed by atoms with E-state index in [1.807, 2.05) is 68.0 Å². The van der Waals surface area contributed by atoms with Gasteiger partial charge < -0.3 is 14.4 Å². The number of amides is 2. The van der Waals surface area contributed by atoms with Gasteiger partial charge in [0.2, 0.25) is 0 Å². The van der Waals surface area contributed by atoms with Crippen LogP contribution in [-0.2, 0) is 31.4 Å². The standard InChI is InChI=1S/C31H26ClN7O2/c1-35-17-22(16-33-35)9-8-21-14-23-10-12-37-19-26(30(40)36(2)25(15-21)28(23)37)38-13-11-24-27(31(38)41)34-39(29(24)32)18-20-6-4-3-5-7-20/h3-7,10,12,14-17,26H,11,13,18-19H2,1-2H3/t26-/m0/s1. The molecule has 41 heavy (non-hydrogen) atoms. The van der Waals surface area contributed by atoms with E-state index in [4.69, 9.17) is 11.6 Å². The number of benzene rings is 2. The lowest BCUT2D eigenvalue weighted by Gasteiger charge is -2.34. The Morgan fingerprint density at radius 2 is 1.85 bits per heavy atom. The predicted molar refractivity (Wildman–Crippen MR) is 156 cm³/mol. The number of hydrogen-bond acceptors (Lipinski definition) is 4. The number of likely N-dealkylation sites (N-methyl/N-ethyl adjacent to an activating group) is 1. The second kappa shape index (κ2) is 9.68. The summed E-state index contributed by atoms with van der Waals surface area (Å²) in [5.74, 6) is 5.93. The summed E-state index contributed by atoms with van der Waals surface area (Å²) in [5.41, 5.74) is 5.41. The fraction of sp³-hybridized carbons (Fsp3) is 0.226. The number of aryl methyl sites for hydroxylation is 1. The Morgan fingerprint density at radius 3 is 2.63 bits per heavy atom. The maximum atomic E-state index is 13.9. The van der Waals surface area contributed by atoms with Gasteiger partial charge in [-0.2, -0.15) is 10.2 Å². The first-order valence-electron chi connectivity index (χ1n) is 13.4. The maximum absolute atomic E-state index is 13.9. The molecule has 10 heteroatoms. The molecule has 5 heterocycles. The molecule has 0 fully saturated rings. The van der Waals surface area contributed by atoms with Crippen LogP contribution in [0, 0.1) is 11.8 Å². The Balaban J connectivity index is 1.20. The van der Waals surface area contributed by atoms with E-state index >= 15 is 0 Å². The van der Waals surface area contributed by atoms with Gasteiger partial charge in [-0.3, -0.25) is 14.3 Å². The molecule has 0 saturated heterocycles. The fourth-order valence-corrected chi connectivity index (χ4v) is 6.06. The summed E-state index contributed by atoms with van der Waals surface area (Å²) in [7, 11) is 3.61. The zero-order valence-electron chi connectivity index (χ0n) is 22.6. The number of rotatable bonds is 3. The van der Waals surface area contributed by atoms with Gasteiger partial charge in [-0.1, -0.05) is 53.8 Å². The summed E-state index contributed by atoms with van der Waals surface area (Å²) < 4.78 is 5.43. The van der Waals surface area contributed by atoms with Crippen molar-refractivity contribution in [3.05, 3.63) is 100 Å². The Bertz CT molecular complexity index is 1910. The minimum atomic E-state index is -0.688. The van der Waals surface area contributed by atoms with E-state index in [0.29, 0.717) is 36.9 Å². The van der Waals surface area contributed by atoms with Crippen molar-refractivity contribution in [1.82, 2.24) is 29.0 Å². The van der Waals surface area contributed by atoms with Crippen LogP contribution in [0.3, 0.4) is 0 Å². The van der Waals surface area contributed by atoms with Gasteiger partial charge in [-0.25, -0.2) is 4.68 Å². The minimum absolute atomic E-state index is 0.154. The molecule has 2 aliphatic rings. The summed E-state index contributed by atoms with van der Waals surface area (Å²) in [6.07, 6.45) is 6.08. The SMILES string of the molecule is CN1C(=O)[C@@H](N2CCc3c(nn(Cc4ccccc4)c3Cl)C2=O)Cn2ccc3cc(C#Cc4cnn(C)c4)cc1c32. The highest BCUT2D eigenvalue weighted by molar-refractivity contribution is 6.31. The van der Waals surface area contributed by atoms with Crippen molar-refractivity contribution >= 4 is 40.0 Å². The highest BCUT2D eigenvalue weighted by Crippen LogP contribution is 2.34. The topological polar surface area (TPSA) is 81.2 Å². The lowest BCUT2D eigenvalue weighted by atomic mass is 10.0. The third kappa shape index (κ3) is 4.28. The molecule has 1 atom stereocenters. The molecular weight excluding hydrogens is 538 g/mol. The van der Waals surface area contributed by atoms with E-state index in [1.165, 1.54) is 0 Å². The van der Waals surface area contributed by atoms with Crippen molar-refractivity contribution in [3.63, 3.8) is 0 Å². The molecule has 0 aliphatic carbocycles. The largest absolute Gasteiger partial charge is 0.343 e. The van der Waals surface area contributed by atoms with Crippen molar-refractivity contribution in [3.8, 4) is 11.8 Å². The number of carbonyl (C=O) groups excluding carboxylic acids is 2. The van der Waals surface area contributed by atoms with Crippen molar-refractivity contribution < 1.29 is 9.59 Å². The van der Waals surface area contributed by atoms with E-state index in [-0.39, 0.29) is 11.8 Å². The molecule has 0 radical (unpaired) electrons. The van der Waals surface area contributed by atoms with Gasteiger partial charge in [-0.05, 0) is 30.2 Å². The third-order valence-electron chi connectivity index (χ3n) is 7.84. The molecular formula is C31H26ClN7O2. The quantitative estimate of drug-likeness (QED) is 0.313. The highest BCUT2D eigenvalue weighted by atomic mass is 35.5. The number of halogens is 1. The van der Waals surface area contributed by atoms with Crippen LogP contribution in [0.4, 0.5) is 5.69 Å². The van der Waals surface area contributed by atoms with Gasteiger partial charge in [0, 0.05) is 49.5 Å². The molecule has 9 nitrogen and oxygen atoms in total. The maximum Gasteiger partial charge on any atom is 0.275 e. The number of aromatic nitrogens is 5. The molecule has 0 spiro atoms. The Morgan fingerprint density at radius 1 is 1.05 bits per heavy atom. The zero-order chi connectivity index (χ0) is 28.2. The second-order valence-electron chi connectivity index (χ2n) is 10.5. The number of carbonyl (C=O) groups is 2. The predicted octanol–water partition coefficient (Wildman–Crippen LogP) is 3.72. The van der Waals surface area contributed by atoms with Gasteiger partial charge in [0.15, 0.2) is 5.69 Å².